The smallest absolute Gasteiger partial charge is 0.216 e. The van der Waals surface area contributed by atoms with Gasteiger partial charge in [-0.2, -0.15) is 4.98 Å². The molecule has 18 heavy (non-hydrogen) atoms. The highest BCUT2D eigenvalue weighted by atomic mass is 79.9. The van der Waals surface area contributed by atoms with Gasteiger partial charge in [-0.15, -0.1) is 5.10 Å². The van der Waals surface area contributed by atoms with Gasteiger partial charge in [-0.3, -0.25) is 0 Å². The van der Waals surface area contributed by atoms with Crippen LogP contribution in [0.1, 0.15) is 11.1 Å². The van der Waals surface area contributed by atoms with Gasteiger partial charge in [0.15, 0.2) is 0 Å². The lowest BCUT2D eigenvalue weighted by Gasteiger charge is -2.07. The van der Waals surface area contributed by atoms with Gasteiger partial charge in [-0.05, 0) is 17.7 Å². The van der Waals surface area contributed by atoms with Gasteiger partial charge in [-0.25, -0.2) is 5.10 Å². The lowest BCUT2D eigenvalue weighted by Crippen LogP contribution is -1.91. The van der Waals surface area contributed by atoms with Gasteiger partial charge in [0.25, 0.3) is 0 Å². The number of benzene rings is 1. The number of nitrogens with two attached hydrogens (primary N) is 1. The maximum Gasteiger partial charge on any atom is 0.216 e. The van der Waals surface area contributed by atoms with Crippen molar-refractivity contribution in [2.24, 2.45) is 0 Å². The standard InChI is InChI=1S/C11H11BrN4OS/c12-8-3-6-1-2-17-9(6)7(4-8)5-18-11-14-10(13)15-16-11/h3-4H,1-2,5H2,(H3,13,14,15,16). The van der Waals surface area contributed by atoms with E-state index in [1.807, 2.05) is 0 Å². The molecule has 0 unspecified atom stereocenters. The van der Waals surface area contributed by atoms with E-state index < -0.39 is 0 Å². The van der Waals surface area contributed by atoms with E-state index in [-0.39, 0.29) is 0 Å². The molecule has 1 aromatic carbocycles. The molecular formula is C11H11BrN4OS. The summed E-state index contributed by atoms with van der Waals surface area (Å²) in [6.07, 6.45) is 0.972. The van der Waals surface area contributed by atoms with Crippen molar-refractivity contribution in [2.45, 2.75) is 17.3 Å². The average Bonchev–Trinajstić information content (AvgIpc) is 2.94. The van der Waals surface area contributed by atoms with Crippen LogP contribution in [0, 0.1) is 0 Å². The Morgan fingerprint density at radius 1 is 1.50 bits per heavy atom. The minimum Gasteiger partial charge on any atom is -0.493 e. The maximum atomic E-state index is 5.67. The fraction of sp³-hybridized carbons (Fsp3) is 0.273. The fourth-order valence-corrected chi connectivity index (χ4v) is 3.24. The van der Waals surface area contributed by atoms with Gasteiger partial charge in [0, 0.05) is 22.2 Å². The van der Waals surface area contributed by atoms with Crippen molar-refractivity contribution in [3.05, 3.63) is 27.7 Å². The predicted octanol–water partition coefficient (Wildman–Crippen LogP) is 2.38. The second-order valence-electron chi connectivity index (χ2n) is 3.94. The number of halogens is 1. The van der Waals surface area contributed by atoms with Gasteiger partial charge >= 0.3 is 0 Å². The molecule has 0 saturated heterocycles. The zero-order chi connectivity index (χ0) is 12.5. The molecule has 3 rings (SSSR count). The summed E-state index contributed by atoms with van der Waals surface area (Å²) in [6, 6.07) is 4.19. The number of aromatic amines is 1. The Morgan fingerprint density at radius 2 is 2.39 bits per heavy atom. The van der Waals surface area contributed by atoms with Gasteiger partial charge < -0.3 is 10.5 Å². The monoisotopic (exact) mass is 326 g/mol. The molecule has 5 nitrogen and oxygen atoms in total. The molecule has 0 saturated carbocycles. The summed E-state index contributed by atoms with van der Waals surface area (Å²) in [5.74, 6) is 2.11. The van der Waals surface area contributed by atoms with Crippen molar-refractivity contribution < 1.29 is 4.74 Å². The van der Waals surface area contributed by atoms with Crippen LogP contribution in [0.25, 0.3) is 0 Å². The second kappa shape index (κ2) is 4.81. The SMILES string of the molecule is Nc1nc(SCc2cc(Br)cc3c2OCC3)n[nH]1. The quantitative estimate of drug-likeness (QED) is 0.847. The molecule has 3 N–H and O–H groups in total. The first-order chi connectivity index (χ1) is 8.72. The van der Waals surface area contributed by atoms with Crippen LogP contribution in [0.4, 0.5) is 5.95 Å². The first-order valence-corrected chi connectivity index (χ1v) is 7.25. The zero-order valence-corrected chi connectivity index (χ0v) is 11.8. The minimum absolute atomic E-state index is 0.341. The Kier molecular flexibility index (Phi) is 3.17. The summed E-state index contributed by atoms with van der Waals surface area (Å²) in [5.41, 5.74) is 7.90. The second-order valence-corrected chi connectivity index (χ2v) is 5.80. The van der Waals surface area contributed by atoms with Crippen molar-refractivity contribution in [1.82, 2.24) is 15.2 Å². The van der Waals surface area contributed by atoms with Gasteiger partial charge in [0.2, 0.25) is 11.1 Å². The molecule has 0 fully saturated rings. The lowest BCUT2D eigenvalue weighted by molar-refractivity contribution is 0.354. The minimum atomic E-state index is 0.341. The number of nitrogen functional groups attached to an aromatic ring is 1. The zero-order valence-electron chi connectivity index (χ0n) is 9.44. The van der Waals surface area contributed by atoms with E-state index in [1.54, 1.807) is 0 Å². The summed E-state index contributed by atoms with van der Waals surface area (Å²) < 4.78 is 6.75. The van der Waals surface area contributed by atoms with Gasteiger partial charge in [-0.1, -0.05) is 27.7 Å². The number of thioether (sulfide) groups is 1. The third-order valence-electron chi connectivity index (χ3n) is 2.66. The molecule has 0 bridgehead atoms. The van der Waals surface area contributed by atoms with Crippen LogP contribution in [0.15, 0.2) is 21.8 Å². The lowest BCUT2D eigenvalue weighted by atomic mass is 10.1. The molecule has 0 aliphatic carbocycles. The number of anilines is 1. The number of nitrogens with one attached hydrogen (secondary N) is 1. The summed E-state index contributed by atoms with van der Waals surface area (Å²) in [4.78, 5) is 4.06. The molecule has 1 aliphatic rings. The Labute approximate surface area is 117 Å². The molecular weight excluding hydrogens is 316 g/mol. The molecule has 0 spiro atoms. The van der Waals surface area contributed by atoms with Crippen molar-refractivity contribution in [1.29, 1.82) is 0 Å². The summed E-state index contributed by atoms with van der Waals surface area (Å²) in [6.45, 7) is 0.761. The normalized spacial score (nSPS) is 13.4. The van der Waals surface area contributed by atoms with Crippen LogP contribution in [0.2, 0.25) is 0 Å². The number of fused-ring (bicyclic) bond motifs is 1. The van der Waals surface area contributed by atoms with Crippen LogP contribution >= 0.6 is 27.7 Å². The molecule has 7 heteroatoms. The molecule has 1 aromatic heterocycles. The van der Waals surface area contributed by atoms with E-state index in [4.69, 9.17) is 10.5 Å². The van der Waals surface area contributed by atoms with Crippen molar-refractivity contribution >= 4 is 33.6 Å². The highest BCUT2D eigenvalue weighted by molar-refractivity contribution is 9.10. The summed E-state index contributed by atoms with van der Waals surface area (Å²) in [5, 5.41) is 7.27. The third kappa shape index (κ3) is 2.32. The van der Waals surface area contributed by atoms with Crippen molar-refractivity contribution in [3.63, 3.8) is 0 Å². The third-order valence-corrected chi connectivity index (χ3v) is 4.02. The largest absolute Gasteiger partial charge is 0.493 e. The fourth-order valence-electron chi connectivity index (χ4n) is 1.92. The van der Waals surface area contributed by atoms with Crippen LogP contribution < -0.4 is 10.5 Å². The van der Waals surface area contributed by atoms with E-state index in [1.165, 1.54) is 17.3 Å². The van der Waals surface area contributed by atoms with E-state index in [0.29, 0.717) is 11.1 Å². The first kappa shape index (κ1) is 11.9. The maximum absolute atomic E-state index is 5.67. The molecule has 0 amide bonds. The highest BCUT2D eigenvalue weighted by Crippen LogP contribution is 2.35. The number of nitrogens with zero attached hydrogens (tertiary/aromatic N) is 2. The molecule has 0 radical (unpaired) electrons. The van der Waals surface area contributed by atoms with Crippen LogP contribution in [0.3, 0.4) is 0 Å². The highest BCUT2D eigenvalue weighted by Gasteiger charge is 2.17. The average molecular weight is 327 g/mol. The van der Waals surface area contributed by atoms with Gasteiger partial charge in [0.05, 0.1) is 6.61 Å². The van der Waals surface area contributed by atoms with E-state index in [2.05, 4.69) is 43.2 Å². The van der Waals surface area contributed by atoms with Crippen molar-refractivity contribution in [2.75, 3.05) is 12.3 Å². The van der Waals surface area contributed by atoms with Crippen molar-refractivity contribution in [3.8, 4) is 5.75 Å². The topological polar surface area (TPSA) is 76.8 Å². The number of hydrogen-bond acceptors (Lipinski definition) is 5. The van der Waals surface area contributed by atoms with Crippen LogP contribution in [-0.2, 0) is 12.2 Å². The van der Waals surface area contributed by atoms with Crippen LogP contribution in [0.5, 0.6) is 5.75 Å². The molecule has 2 heterocycles. The summed E-state index contributed by atoms with van der Waals surface area (Å²) >= 11 is 5.06. The molecule has 1 aliphatic heterocycles. The number of hydrogen-bond donors (Lipinski definition) is 2. The molecule has 0 atom stereocenters. The van der Waals surface area contributed by atoms with E-state index in [9.17, 15) is 0 Å². The van der Waals surface area contributed by atoms with Crippen LogP contribution in [-0.4, -0.2) is 21.8 Å². The first-order valence-electron chi connectivity index (χ1n) is 5.47. The van der Waals surface area contributed by atoms with Gasteiger partial charge in [0.1, 0.15) is 5.75 Å². The Hall–Kier alpha value is -1.21. The number of ether oxygens (including phenoxy) is 1. The van der Waals surface area contributed by atoms with E-state index in [0.717, 1.165) is 34.6 Å². The Balaban J connectivity index is 1.80. The Bertz CT molecular complexity index is 586. The Morgan fingerprint density at radius 3 is 3.17 bits per heavy atom. The molecule has 2 aromatic rings. The number of H-pyrrole nitrogens is 1. The van der Waals surface area contributed by atoms with E-state index >= 15 is 0 Å². The predicted molar refractivity (Wildman–Crippen MR) is 73.7 cm³/mol. The molecule has 94 valence electrons. The number of rotatable bonds is 3. The number of aromatic nitrogens is 3. The summed E-state index contributed by atoms with van der Waals surface area (Å²) in [7, 11) is 0.